The second-order valence-electron chi connectivity index (χ2n) is 6.19. The zero-order valence-corrected chi connectivity index (χ0v) is 12.7. The second-order valence-corrected chi connectivity index (χ2v) is 8.51. The SMILES string of the molecule is CS(=O)(=O)C1CCCC(C(=O)C2(C(F)(F)F)CCNC2)C1. The van der Waals surface area contributed by atoms with Crippen molar-refractivity contribution in [2.24, 2.45) is 11.3 Å². The van der Waals surface area contributed by atoms with Gasteiger partial charge in [-0.15, -0.1) is 0 Å². The number of hydrogen-bond donors (Lipinski definition) is 1. The molecule has 3 atom stereocenters. The molecule has 1 saturated heterocycles. The summed E-state index contributed by atoms with van der Waals surface area (Å²) in [4.78, 5) is 12.5. The number of halogens is 3. The summed E-state index contributed by atoms with van der Waals surface area (Å²) in [5.41, 5.74) is -2.34. The molecule has 0 aromatic rings. The van der Waals surface area contributed by atoms with Crippen LogP contribution in [-0.4, -0.2) is 45.0 Å². The van der Waals surface area contributed by atoms with Crippen molar-refractivity contribution in [3.05, 3.63) is 0 Å². The van der Waals surface area contributed by atoms with E-state index in [4.69, 9.17) is 0 Å². The largest absolute Gasteiger partial charge is 0.402 e. The van der Waals surface area contributed by atoms with Gasteiger partial charge in [0.15, 0.2) is 5.78 Å². The number of nitrogens with one attached hydrogen (secondary N) is 1. The van der Waals surface area contributed by atoms with Crippen LogP contribution in [0.2, 0.25) is 0 Å². The third-order valence-corrected chi connectivity index (χ3v) is 6.41. The number of carbonyl (C=O) groups excluding carboxylic acids is 1. The maximum absolute atomic E-state index is 13.4. The molecule has 2 aliphatic rings. The van der Waals surface area contributed by atoms with E-state index in [1.54, 1.807) is 0 Å². The van der Waals surface area contributed by atoms with Gasteiger partial charge in [-0.3, -0.25) is 4.79 Å². The van der Waals surface area contributed by atoms with Crippen molar-refractivity contribution >= 4 is 15.6 Å². The molecule has 0 aromatic carbocycles. The topological polar surface area (TPSA) is 63.2 Å². The standard InChI is InChI=1S/C13H20F3NO3S/c1-21(19,20)10-4-2-3-9(7-10)11(18)12(13(14,15)16)5-6-17-8-12/h9-10,17H,2-8H2,1H3. The Bertz CT molecular complexity index is 509. The van der Waals surface area contributed by atoms with Gasteiger partial charge in [-0.05, 0) is 32.2 Å². The molecule has 4 nitrogen and oxygen atoms in total. The van der Waals surface area contributed by atoms with E-state index in [1.165, 1.54) is 0 Å². The van der Waals surface area contributed by atoms with E-state index in [-0.39, 0.29) is 19.4 Å². The number of carbonyl (C=O) groups is 1. The van der Waals surface area contributed by atoms with Gasteiger partial charge in [-0.1, -0.05) is 6.42 Å². The van der Waals surface area contributed by atoms with Crippen molar-refractivity contribution in [1.82, 2.24) is 5.32 Å². The van der Waals surface area contributed by atoms with Crippen LogP contribution < -0.4 is 5.32 Å². The van der Waals surface area contributed by atoms with Crippen LogP contribution in [0.15, 0.2) is 0 Å². The molecule has 3 unspecified atom stereocenters. The minimum Gasteiger partial charge on any atom is -0.315 e. The predicted molar refractivity (Wildman–Crippen MR) is 71.6 cm³/mol. The Morgan fingerprint density at radius 2 is 1.95 bits per heavy atom. The average molecular weight is 327 g/mol. The van der Waals surface area contributed by atoms with Crippen LogP contribution in [-0.2, 0) is 14.6 Å². The van der Waals surface area contributed by atoms with Gasteiger partial charge in [-0.25, -0.2) is 8.42 Å². The Morgan fingerprint density at radius 1 is 1.29 bits per heavy atom. The lowest BCUT2D eigenvalue weighted by molar-refractivity contribution is -0.217. The van der Waals surface area contributed by atoms with E-state index in [9.17, 15) is 26.4 Å². The van der Waals surface area contributed by atoms with Crippen molar-refractivity contribution in [1.29, 1.82) is 0 Å². The van der Waals surface area contributed by atoms with Crippen LogP contribution >= 0.6 is 0 Å². The fourth-order valence-corrected chi connectivity index (χ4v) is 4.62. The van der Waals surface area contributed by atoms with Gasteiger partial charge in [0.1, 0.15) is 15.3 Å². The van der Waals surface area contributed by atoms with E-state index in [2.05, 4.69) is 5.32 Å². The van der Waals surface area contributed by atoms with Gasteiger partial charge in [0.05, 0.1) is 5.25 Å². The number of rotatable bonds is 3. The van der Waals surface area contributed by atoms with Crippen molar-refractivity contribution in [3.63, 3.8) is 0 Å². The van der Waals surface area contributed by atoms with Crippen LogP contribution in [0, 0.1) is 11.3 Å². The van der Waals surface area contributed by atoms with E-state index >= 15 is 0 Å². The van der Waals surface area contributed by atoms with Gasteiger partial charge >= 0.3 is 6.18 Å². The summed E-state index contributed by atoms with van der Waals surface area (Å²) in [6.07, 6.45) is -2.48. The molecule has 2 rings (SSSR count). The molecule has 2 fully saturated rings. The first-order chi connectivity index (χ1) is 9.58. The number of sulfone groups is 1. The fraction of sp³-hybridized carbons (Fsp3) is 0.923. The summed E-state index contributed by atoms with van der Waals surface area (Å²) in [6, 6.07) is 0. The number of Topliss-reactive ketones (excluding diaryl/α,β-unsaturated/α-hetero) is 1. The van der Waals surface area contributed by atoms with Gasteiger partial charge in [-0.2, -0.15) is 13.2 Å². The first kappa shape index (κ1) is 16.7. The van der Waals surface area contributed by atoms with Crippen molar-refractivity contribution in [3.8, 4) is 0 Å². The Morgan fingerprint density at radius 3 is 2.43 bits per heavy atom. The molecule has 0 aromatic heterocycles. The van der Waals surface area contributed by atoms with Gasteiger partial charge < -0.3 is 5.32 Å². The zero-order chi connectivity index (χ0) is 15.9. The van der Waals surface area contributed by atoms with E-state index in [1.807, 2.05) is 0 Å². The van der Waals surface area contributed by atoms with Crippen LogP contribution in [0.4, 0.5) is 13.2 Å². The molecule has 0 amide bonds. The monoisotopic (exact) mass is 327 g/mol. The molecule has 0 radical (unpaired) electrons. The molecule has 0 bridgehead atoms. The normalized spacial score (nSPS) is 34.9. The lowest BCUT2D eigenvalue weighted by Gasteiger charge is -2.35. The summed E-state index contributed by atoms with van der Waals surface area (Å²) < 4.78 is 63.3. The quantitative estimate of drug-likeness (QED) is 0.857. The first-order valence-electron chi connectivity index (χ1n) is 7.08. The highest BCUT2D eigenvalue weighted by Crippen LogP contribution is 2.47. The Hall–Kier alpha value is -0.630. The predicted octanol–water partition coefficient (Wildman–Crippen LogP) is 1.70. The van der Waals surface area contributed by atoms with Crippen LogP contribution in [0.5, 0.6) is 0 Å². The summed E-state index contributed by atoms with van der Waals surface area (Å²) in [5.74, 6) is -1.63. The molecule has 1 heterocycles. The molecular formula is C13H20F3NO3S. The molecule has 1 aliphatic heterocycles. The van der Waals surface area contributed by atoms with Crippen LogP contribution in [0.3, 0.4) is 0 Å². The molecule has 1 aliphatic carbocycles. The first-order valence-corrected chi connectivity index (χ1v) is 9.04. The summed E-state index contributed by atoms with van der Waals surface area (Å²) in [6.45, 7) is -0.233. The third kappa shape index (κ3) is 3.11. The highest BCUT2D eigenvalue weighted by Gasteiger charge is 2.62. The Balaban J connectivity index is 2.22. The van der Waals surface area contributed by atoms with Crippen molar-refractivity contribution < 1.29 is 26.4 Å². The van der Waals surface area contributed by atoms with Gasteiger partial charge in [0, 0.05) is 18.7 Å². The Kier molecular flexibility index (Phi) is 4.41. The highest BCUT2D eigenvalue weighted by molar-refractivity contribution is 7.91. The minimum atomic E-state index is -4.59. The number of ketones is 1. The number of hydrogen-bond acceptors (Lipinski definition) is 4. The number of alkyl halides is 3. The van der Waals surface area contributed by atoms with Crippen molar-refractivity contribution in [2.45, 2.75) is 43.5 Å². The molecule has 0 spiro atoms. The minimum absolute atomic E-state index is 0.0233. The smallest absolute Gasteiger partial charge is 0.315 e. The van der Waals surface area contributed by atoms with E-state index in [0.717, 1.165) is 6.26 Å². The maximum atomic E-state index is 13.4. The molecule has 21 heavy (non-hydrogen) atoms. The van der Waals surface area contributed by atoms with Gasteiger partial charge in [0.25, 0.3) is 0 Å². The molecule has 8 heteroatoms. The van der Waals surface area contributed by atoms with Crippen LogP contribution in [0.1, 0.15) is 32.1 Å². The van der Waals surface area contributed by atoms with Crippen molar-refractivity contribution in [2.75, 3.05) is 19.3 Å². The highest BCUT2D eigenvalue weighted by atomic mass is 32.2. The third-order valence-electron chi connectivity index (χ3n) is 4.77. The summed E-state index contributed by atoms with van der Waals surface area (Å²) in [7, 11) is -3.32. The summed E-state index contributed by atoms with van der Waals surface area (Å²) >= 11 is 0. The lowest BCUT2D eigenvalue weighted by atomic mass is 9.72. The fourth-order valence-electron chi connectivity index (χ4n) is 3.45. The van der Waals surface area contributed by atoms with Gasteiger partial charge in [0.2, 0.25) is 0 Å². The second kappa shape index (κ2) is 5.53. The van der Waals surface area contributed by atoms with Crippen LogP contribution in [0.25, 0.3) is 0 Å². The van der Waals surface area contributed by atoms with E-state index in [0.29, 0.717) is 19.3 Å². The van der Waals surface area contributed by atoms with E-state index < -0.39 is 44.9 Å². The lowest BCUT2D eigenvalue weighted by Crippen LogP contribution is -2.50. The zero-order valence-electron chi connectivity index (χ0n) is 11.9. The molecule has 1 N–H and O–H groups in total. The summed E-state index contributed by atoms with van der Waals surface area (Å²) in [5, 5.41) is 1.93. The maximum Gasteiger partial charge on any atom is 0.402 e. The Labute approximate surface area is 122 Å². The molecular weight excluding hydrogens is 307 g/mol. The average Bonchev–Trinajstić information content (AvgIpc) is 2.87. The molecule has 122 valence electrons. The molecule has 1 saturated carbocycles.